The van der Waals surface area contributed by atoms with Crippen molar-refractivity contribution >= 4 is 17.1 Å². The van der Waals surface area contributed by atoms with Gasteiger partial charge in [-0.3, -0.25) is 30.3 Å². The lowest BCUT2D eigenvalue weighted by atomic mass is 9.99. The minimum absolute atomic E-state index is 0.0911. The number of nitrogens with zero attached hydrogens (tertiary/aromatic N) is 3. The van der Waals surface area contributed by atoms with E-state index in [1.165, 1.54) is 0 Å². The van der Waals surface area contributed by atoms with Crippen LogP contribution in [0.1, 0.15) is 0 Å². The number of nitro groups is 3. The predicted octanol–water partition coefficient (Wildman–Crippen LogP) is 5.97. The van der Waals surface area contributed by atoms with Gasteiger partial charge in [-0.25, -0.2) is 0 Å². The molecule has 41 heavy (non-hydrogen) atoms. The molecule has 0 saturated carbocycles. The minimum atomic E-state index is -7.24. The number of non-ortho nitro benzene ring substituents is 1. The fraction of sp³-hybridized carbons (Fsp3) is 0.333. The molecule has 0 aliphatic heterocycles. The number of hydrogen-bond donors (Lipinski definition) is 0. The molecule has 0 fully saturated rings. The molecule has 0 N–H and O–H groups in total. The van der Waals surface area contributed by atoms with Crippen LogP contribution in [-0.4, -0.2) is 51.7 Å². The zero-order valence-corrected chi connectivity index (χ0v) is 18.8. The van der Waals surface area contributed by atoms with Crippen LogP contribution in [0.2, 0.25) is 0 Å². The molecule has 0 bridgehead atoms. The topological polar surface area (TPSA) is 148 Å². The van der Waals surface area contributed by atoms with E-state index in [0.29, 0.717) is 6.07 Å². The van der Waals surface area contributed by atoms with Crippen LogP contribution >= 0.6 is 0 Å². The Labute approximate surface area is 215 Å². The van der Waals surface area contributed by atoms with Crippen molar-refractivity contribution in [2.75, 3.05) is 13.2 Å². The van der Waals surface area contributed by atoms with E-state index in [0.717, 1.165) is 0 Å². The molecule has 11 nitrogen and oxygen atoms in total. The molecule has 2 aromatic rings. The Morgan fingerprint density at radius 2 is 1.07 bits per heavy atom. The number of alkyl halides is 8. The second kappa shape index (κ2) is 10.8. The number of hydrogen-bond acceptors (Lipinski definition) is 8. The zero-order chi connectivity index (χ0) is 31.9. The van der Waals surface area contributed by atoms with Gasteiger partial charge in [-0.15, -0.1) is 0 Å². The van der Waals surface area contributed by atoms with Crippen molar-refractivity contribution in [3.8, 4) is 11.5 Å². The highest BCUT2D eigenvalue weighted by Gasteiger charge is 2.81. The van der Waals surface area contributed by atoms with E-state index in [2.05, 4.69) is 9.47 Å². The number of ether oxygens (including phenoxy) is 2. The summed E-state index contributed by atoms with van der Waals surface area (Å²) in [6.45, 7) is -6.36. The summed E-state index contributed by atoms with van der Waals surface area (Å²) in [5, 5.41) is 32.0. The maximum atomic E-state index is 14.1. The van der Waals surface area contributed by atoms with Crippen LogP contribution in [0.25, 0.3) is 0 Å². The third-order valence-corrected chi connectivity index (χ3v) is 4.85. The molecule has 0 aliphatic rings. The molecule has 23 heteroatoms. The summed E-state index contributed by atoms with van der Waals surface area (Å²) >= 11 is 0. The van der Waals surface area contributed by atoms with Gasteiger partial charge < -0.3 is 9.47 Å². The van der Waals surface area contributed by atoms with Gasteiger partial charge in [0.1, 0.15) is 0 Å². The Morgan fingerprint density at radius 3 is 1.46 bits per heavy atom. The fourth-order valence-corrected chi connectivity index (χ4v) is 2.74. The third-order valence-electron chi connectivity index (χ3n) is 4.85. The predicted molar refractivity (Wildman–Crippen MR) is 103 cm³/mol. The lowest BCUT2D eigenvalue weighted by Gasteiger charge is -2.36. The Kier molecular flexibility index (Phi) is 8.56. The average molecular weight is 621 g/mol. The molecule has 0 unspecified atom stereocenters. The summed E-state index contributed by atoms with van der Waals surface area (Å²) in [4.78, 5) is 27.3. The highest BCUT2D eigenvalue weighted by Crippen LogP contribution is 2.53. The molecule has 2 rings (SSSR count). The second-order valence-corrected chi connectivity index (χ2v) is 7.49. The number of benzene rings is 2. The molecule has 0 aliphatic carbocycles. The summed E-state index contributed by atoms with van der Waals surface area (Å²) in [6, 6.07) is 0.686. The quantitative estimate of drug-likeness (QED) is 0.122. The van der Waals surface area contributed by atoms with Gasteiger partial charge in [0, 0.05) is 6.07 Å². The van der Waals surface area contributed by atoms with Crippen molar-refractivity contribution < 1.29 is 76.9 Å². The van der Waals surface area contributed by atoms with Crippen molar-refractivity contribution in [3.05, 3.63) is 71.8 Å². The highest BCUT2D eigenvalue weighted by molar-refractivity contribution is 5.53. The molecular weight excluding hydrogens is 614 g/mol. The summed E-state index contributed by atoms with van der Waals surface area (Å²) in [5.74, 6) is -43.1. The van der Waals surface area contributed by atoms with Crippen molar-refractivity contribution in [2.45, 2.75) is 23.7 Å². The lowest BCUT2D eigenvalue weighted by molar-refractivity contribution is -0.395. The van der Waals surface area contributed by atoms with Gasteiger partial charge in [-0.1, -0.05) is 0 Å². The molecule has 0 spiro atoms. The van der Waals surface area contributed by atoms with E-state index >= 15 is 0 Å². The van der Waals surface area contributed by atoms with Gasteiger partial charge in [-0.05, 0) is 6.07 Å². The van der Waals surface area contributed by atoms with Crippen LogP contribution in [0.4, 0.5) is 69.7 Å². The van der Waals surface area contributed by atoms with Crippen LogP contribution < -0.4 is 9.47 Å². The molecule has 0 atom stereocenters. The number of rotatable bonds is 12. The average Bonchev–Trinajstić information content (AvgIpc) is 2.85. The maximum Gasteiger partial charge on any atom is 0.381 e. The van der Waals surface area contributed by atoms with Crippen LogP contribution in [0.5, 0.6) is 11.5 Å². The summed E-state index contributed by atoms with van der Waals surface area (Å²) < 4.78 is 175. The summed E-state index contributed by atoms with van der Waals surface area (Å²) in [7, 11) is 0. The maximum absolute atomic E-state index is 14.1. The van der Waals surface area contributed by atoms with Gasteiger partial charge in [0.15, 0.2) is 24.7 Å². The normalized spacial score (nSPS) is 12.7. The Hall–Kier alpha value is -4.60. The van der Waals surface area contributed by atoms with Gasteiger partial charge in [0.25, 0.3) is 5.69 Å². The highest BCUT2D eigenvalue weighted by atomic mass is 19.4. The molecule has 0 saturated heterocycles. The van der Waals surface area contributed by atoms with E-state index in [-0.39, 0.29) is 12.1 Å². The molecule has 0 amide bonds. The molecular formula is C18H7F12N3O8. The summed E-state index contributed by atoms with van der Waals surface area (Å²) in [6.07, 6.45) is 0. The van der Waals surface area contributed by atoms with E-state index in [4.69, 9.17) is 0 Å². The molecule has 0 heterocycles. The fourth-order valence-electron chi connectivity index (χ4n) is 2.74. The largest absolute Gasteiger partial charge is 0.481 e. The van der Waals surface area contributed by atoms with Crippen molar-refractivity contribution in [3.63, 3.8) is 0 Å². The van der Waals surface area contributed by atoms with Crippen LogP contribution in [0.15, 0.2) is 18.2 Å². The van der Waals surface area contributed by atoms with Crippen molar-refractivity contribution in [1.82, 2.24) is 0 Å². The molecule has 0 aromatic heterocycles. The monoisotopic (exact) mass is 621 g/mol. The first-order valence-corrected chi connectivity index (χ1v) is 9.71. The van der Waals surface area contributed by atoms with E-state index in [1.54, 1.807) is 0 Å². The minimum Gasteiger partial charge on any atom is -0.481 e. The second-order valence-electron chi connectivity index (χ2n) is 7.49. The smallest absolute Gasteiger partial charge is 0.381 e. The van der Waals surface area contributed by atoms with E-state index in [9.17, 15) is 83.0 Å². The van der Waals surface area contributed by atoms with Crippen LogP contribution in [0, 0.1) is 53.6 Å². The Balaban J connectivity index is 2.36. The summed E-state index contributed by atoms with van der Waals surface area (Å²) in [5.41, 5.74) is -5.06. The van der Waals surface area contributed by atoms with Crippen molar-refractivity contribution in [2.24, 2.45) is 0 Å². The van der Waals surface area contributed by atoms with Crippen LogP contribution in [-0.2, 0) is 0 Å². The van der Waals surface area contributed by atoms with E-state index in [1.807, 2.05) is 0 Å². The SMILES string of the molecule is O=[N+]([O-])c1ccc(OCC(F)(F)C(F)(F)C(F)(F)C(F)(F)COc2c(F)c(F)c([N+](=O)[O-])c(F)c2F)c([N+](=O)[O-])c1. The Morgan fingerprint density at radius 1 is 0.634 bits per heavy atom. The molecule has 0 radical (unpaired) electrons. The third kappa shape index (κ3) is 5.68. The van der Waals surface area contributed by atoms with Gasteiger partial charge in [0.2, 0.25) is 23.3 Å². The number of halogens is 12. The van der Waals surface area contributed by atoms with Gasteiger partial charge in [-0.2, -0.15) is 52.7 Å². The van der Waals surface area contributed by atoms with E-state index < -0.39 is 104 Å². The first kappa shape index (κ1) is 32.6. The number of nitro benzene ring substituents is 3. The Bertz CT molecular complexity index is 1380. The van der Waals surface area contributed by atoms with Gasteiger partial charge in [0.05, 0.1) is 20.8 Å². The lowest BCUT2D eigenvalue weighted by Crippen LogP contribution is -2.65. The van der Waals surface area contributed by atoms with Gasteiger partial charge >= 0.3 is 35.1 Å². The van der Waals surface area contributed by atoms with Crippen molar-refractivity contribution in [1.29, 1.82) is 0 Å². The molecule has 226 valence electrons. The van der Waals surface area contributed by atoms with Crippen LogP contribution in [0.3, 0.4) is 0 Å². The standard InChI is InChI=1S/C18H7F12N3O8/c19-9-11(21)14(12(22)10(20)13(9)33(38)39)41-5-16(25,26)18(29,30)17(27,28)15(23,24)4-40-8-2-1-6(31(34)35)3-7(8)32(36)37/h1-3H,4-5H2. The molecule has 2 aromatic carbocycles. The first-order chi connectivity index (χ1) is 18.5. The first-order valence-electron chi connectivity index (χ1n) is 9.71. The zero-order valence-electron chi connectivity index (χ0n) is 18.8.